The van der Waals surface area contributed by atoms with Gasteiger partial charge in [-0.3, -0.25) is 24.0 Å². The van der Waals surface area contributed by atoms with Crippen LogP contribution in [0.3, 0.4) is 0 Å². The van der Waals surface area contributed by atoms with Gasteiger partial charge >= 0.3 is 29.8 Å². The van der Waals surface area contributed by atoms with Gasteiger partial charge < -0.3 is 53.8 Å². The summed E-state index contributed by atoms with van der Waals surface area (Å²) >= 11 is 3.77. The van der Waals surface area contributed by atoms with Gasteiger partial charge in [0, 0.05) is 5.75 Å². The van der Waals surface area contributed by atoms with Gasteiger partial charge in [0.25, 0.3) is 0 Å². The molecule has 15 nitrogen and oxygen atoms in total. The van der Waals surface area contributed by atoms with Crippen molar-refractivity contribution >= 4 is 42.5 Å². The van der Waals surface area contributed by atoms with Crippen LogP contribution in [0.15, 0.2) is 0 Å². The topological polar surface area (TPSA) is 306 Å². The molecule has 0 aliphatic rings. The summed E-state index contributed by atoms with van der Waals surface area (Å²) in [6, 6.07) is -4.06. The normalized spacial score (nSPS) is 13.6. The first-order chi connectivity index (χ1) is 14.7. The number of esters is 1. The molecular formula is C16H33N5O10S. The molecule has 0 aliphatic heterocycles. The number of carboxylic acid groups (broad SMARTS) is 4. The van der Waals surface area contributed by atoms with E-state index < -0.39 is 60.4 Å². The van der Waals surface area contributed by atoms with Crippen LogP contribution in [0.25, 0.3) is 0 Å². The Morgan fingerprint density at radius 3 is 1.53 bits per heavy atom. The van der Waals surface area contributed by atoms with E-state index in [1.54, 1.807) is 0 Å². The van der Waals surface area contributed by atoms with Crippen LogP contribution in [0.5, 0.6) is 0 Å². The highest BCUT2D eigenvalue weighted by atomic mass is 32.1. The van der Waals surface area contributed by atoms with Gasteiger partial charge in [-0.1, -0.05) is 6.42 Å². The van der Waals surface area contributed by atoms with Gasteiger partial charge in [-0.15, -0.1) is 0 Å². The summed E-state index contributed by atoms with van der Waals surface area (Å²) in [6.07, 6.45) is 1.63. The fourth-order valence-corrected chi connectivity index (χ4v) is 1.48. The molecular weight excluding hydrogens is 454 g/mol. The van der Waals surface area contributed by atoms with E-state index in [1.807, 2.05) is 0 Å². The lowest BCUT2D eigenvalue weighted by Crippen LogP contribution is -2.40. The Bertz CT molecular complexity index is 596. The number of hydrogen-bond acceptors (Lipinski definition) is 12. The summed E-state index contributed by atoms with van der Waals surface area (Å²) < 4.78 is 4.50. The molecule has 0 fully saturated rings. The third kappa shape index (κ3) is 22.2. The second-order valence-electron chi connectivity index (χ2n) is 6.14. The minimum atomic E-state index is -1.29. The van der Waals surface area contributed by atoms with Gasteiger partial charge in [0.05, 0.1) is 6.42 Å². The number of hydrogen-bond donors (Lipinski definition) is 10. The van der Waals surface area contributed by atoms with E-state index in [4.69, 9.17) is 49.1 Å². The SMILES string of the molecule is NCCCC[C@H](N)C(=O)O.N[C@@H](CC(=O)O)C(=O)O.N[C@@H](COC(=O)[C@@H](N)CS)C(=O)O. The predicted octanol–water partition coefficient (Wildman–Crippen LogP) is -3.40. The standard InChI is InChI=1S/C6H12N2O4S.C6H14N2O2.C4H7NO4/c7-3(5(9)10)1-12-6(11)4(8)2-13;7-4-2-1-3-5(8)6(9)10;5-2(4(8)9)1-3(6)7/h3-4,13H,1-2,7-8H2,(H,9,10);5H,1-4,7-8H2,(H,9,10);2H,1,5H2,(H,6,7)(H,8,9)/t3-,4-;5-;2-/m000/s1. The number of nitrogens with two attached hydrogens (primary N) is 5. The molecule has 0 bridgehead atoms. The van der Waals surface area contributed by atoms with Crippen molar-refractivity contribution in [1.29, 1.82) is 0 Å². The maximum atomic E-state index is 10.9. The summed E-state index contributed by atoms with van der Waals surface area (Å²) in [5.74, 6) is -5.22. The van der Waals surface area contributed by atoms with Crippen LogP contribution in [0.2, 0.25) is 0 Å². The molecule has 4 atom stereocenters. The number of unbranched alkanes of at least 4 members (excludes halogenated alkanes) is 1. The van der Waals surface area contributed by atoms with Gasteiger partial charge in [0.15, 0.2) is 0 Å². The minimum Gasteiger partial charge on any atom is -0.481 e. The van der Waals surface area contributed by atoms with Gasteiger partial charge in [-0.05, 0) is 19.4 Å². The van der Waals surface area contributed by atoms with E-state index in [0.717, 1.165) is 12.8 Å². The summed E-state index contributed by atoms with van der Waals surface area (Å²) in [7, 11) is 0. The lowest BCUT2D eigenvalue weighted by Gasteiger charge is -2.10. The molecule has 0 spiro atoms. The van der Waals surface area contributed by atoms with Crippen LogP contribution in [0, 0.1) is 0 Å². The van der Waals surface area contributed by atoms with E-state index in [2.05, 4.69) is 17.4 Å². The highest BCUT2D eigenvalue weighted by Gasteiger charge is 2.18. The maximum absolute atomic E-state index is 10.9. The molecule has 16 heteroatoms. The van der Waals surface area contributed by atoms with Gasteiger partial charge in [0.1, 0.15) is 30.8 Å². The summed E-state index contributed by atoms with van der Waals surface area (Å²) in [4.78, 5) is 50.8. The van der Waals surface area contributed by atoms with Crippen molar-refractivity contribution in [1.82, 2.24) is 0 Å². The van der Waals surface area contributed by atoms with E-state index in [9.17, 15) is 24.0 Å². The number of carboxylic acids is 4. The highest BCUT2D eigenvalue weighted by Crippen LogP contribution is 1.97. The summed E-state index contributed by atoms with van der Waals surface area (Å²) in [5, 5.41) is 32.7. The van der Waals surface area contributed by atoms with E-state index in [-0.39, 0.29) is 12.4 Å². The van der Waals surface area contributed by atoms with Crippen LogP contribution in [-0.2, 0) is 28.7 Å². The molecule has 0 aromatic heterocycles. The van der Waals surface area contributed by atoms with E-state index in [0.29, 0.717) is 13.0 Å². The molecule has 188 valence electrons. The average molecular weight is 488 g/mol. The molecule has 0 radical (unpaired) electrons. The van der Waals surface area contributed by atoms with Crippen molar-refractivity contribution < 1.29 is 49.1 Å². The van der Waals surface area contributed by atoms with Crippen molar-refractivity contribution in [2.45, 2.75) is 49.9 Å². The number of rotatable bonds is 13. The molecule has 0 saturated heterocycles. The minimum absolute atomic E-state index is 0.140. The number of carbonyl (C=O) groups is 5. The Balaban J connectivity index is -0.000000403. The fraction of sp³-hybridized carbons (Fsp3) is 0.688. The lowest BCUT2D eigenvalue weighted by molar-refractivity contribution is -0.148. The molecule has 14 N–H and O–H groups in total. The molecule has 0 aromatic carbocycles. The van der Waals surface area contributed by atoms with Gasteiger partial charge in [0.2, 0.25) is 0 Å². The van der Waals surface area contributed by atoms with E-state index >= 15 is 0 Å². The van der Waals surface area contributed by atoms with Crippen molar-refractivity contribution in [3.05, 3.63) is 0 Å². The maximum Gasteiger partial charge on any atom is 0.324 e. The van der Waals surface area contributed by atoms with Crippen LogP contribution in [0.4, 0.5) is 0 Å². The van der Waals surface area contributed by atoms with Crippen LogP contribution in [0.1, 0.15) is 25.7 Å². The van der Waals surface area contributed by atoms with Crippen LogP contribution in [-0.4, -0.2) is 93.3 Å². The molecule has 0 amide bonds. The zero-order chi connectivity index (χ0) is 25.9. The van der Waals surface area contributed by atoms with Crippen LogP contribution >= 0.6 is 12.6 Å². The highest BCUT2D eigenvalue weighted by molar-refractivity contribution is 7.80. The zero-order valence-electron chi connectivity index (χ0n) is 17.3. The molecule has 32 heavy (non-hydrogen) atoms. The Kier molecular flexibility index (Phi) is 21.8. The second-order valence-corrected chi connectivity index (χ2v) is 6.50. The summed E-state index contributed by atoms with van der Waals surface area (Å²) in [5.41, 5.74) is 25.6. The molecule has 0 heterocycles. The first-order valence-electron chi connectivity index (χ1n) is 9.11. The Hall–Kier alpha value is -2.50. The average Bonchev–Trinajstić information content (AvgIpc) is 2.71. The zero-order valence-corrected chi connectivity index (χ0v) is 18.2. The number of aliphatic carboxylic acids is 4. The van der Waals surface area contributed by atoms with E-state index in [1.165, 1.54) is 0 Å². The number of ether oxygens (including phenoxy) is 1. The monoisotopic (exact) mass is 487 g/mol. The molecule has 0 rings (SSSR count). The smallest absolute Gasteiger partial charge is 0.324 e. The third-order valence-electron chi connectivity index (χ3n) is 3.22. The first kappa shape index (κ1) is 34.1. The van der Waals surface area contributed by atoms with Crippen molar-refractivity contribution in [3.63, 3.8) is 0 Å². The Labute approximate surface area is 189 Å². The predicted molar refractivity (Wildman–Crippen MR) is 115 cm³/mol. The first-order valence-corrected chi connectivity index (χ1v) is 9.74. The Morgan fingerprint density at radius 1 is 0.750 bits per heavy atom. The Morgan fingerprint density at radius 2 is 1.22 bits per heavy atom. The second kappa shape index (κ2) is 20.4. The number of thiol groups is 1. The van der Waals surface area contributed by atoms with Gasteiger partial charge in [-0.2, -0.15) is 12.6 Å². The fourth-order valence-electron chi connectivity index (χ4n) is 1.33. The van der Waals surface area contributed by atoms with Crippen LogP contribution < -0.4 is 28.7 Å². The van der Waals surface area contributed by atoms with Gasteiger partial charge in [-0.25, -0.2) is 0 Å². The molecule has 0 aromatic rings. The largest absolute Gasteiger partial charge is 0.481 e. The van der Waals surface area contributed by atoms with Crippen molar-refractivity contribution in [3.8, 4) is 0 Å². The molecule has 0 aliphatic carbocycles. The van der Waals surface area contributed by atoms with Crippen molar-refractivity contribution in [2.24, 2.45) is 28.7 Å². The number of carbonyl (C=O) groups excluding carboxylic acids is 1. The quantitative estimate of drug-likeness (QED) is 0.0687. The molecule has 0 saturated carbocycles. The summed E-state index contributed by atoms with van der Waals surface area (Å²) in [6.45, 7) is 0.224. The van der Waals surface area contributed by atoms with Crippen molar-refractivity contribution in [2.75, 3.05) is 18.9 Å². The lowest BCUT2D eigenvalue weighted by atomic mass is 10.1. The third-order valence-corrected chi connectivity index (χ3v) is 3.61. The molecule has 0 unspecified atom stereocenters.